The van der Waals surface area contributed by atoms with Gasteiger partial charge in [0, 0.05) is 32.2 Å². The summed E-state index contributed by atoms with van der Waals surface area (Å²) in [6.45, 7) is 8.46. The fourth-order valence-corrected chi connectivity index (χ4v) is 6.62. The molecule has 0 spiro atoms. The molecule has 1 amide bonds. The van der Waals surface area contributed by atoms with Crippen LogP contribution in [-0.2, 0) is 10.0 Å². The Morgan fingerprint density at radius 2 is 1.88 bits per heavy atom. The van der Waals surface area contributed by atoms with Gasteiger partial charge < -0.3 is 25.0 Å². The van der Waals surface area contributed by atoms with E-state index >= 15 is 0 Å². The third-order valence-corrected chi connectivity index (χ3v) is 9.13. The average Bonchev–Trinajstić information content (AvgIpc) is 2.88. The summed E-state index contributed by atoms with van der Waals surface area (Å²) < 4.78 is 38.8. The largest absolute Gasteiger partial charge is 0.486 e. The van der Waals surface area contributed by atoms with E-state index in [4.69, 9.17) is 9.47 Å². The van der Waals surface area contributed by atoms with Crippen LogP contribution in [0.3, 0.4) is 0 Å². The molecule has 10 heteroatoms. The number of hydrogen-bond acceptors (Lipinski definition) is 7. The van der Waals surface area contributed by atoms with Crippen LogP contribution in [0.4, 0.5) is 0 Å². The molecule has 3 aliphatic rings. The second-order valence-corrected chi connectivity index (χ2v) is 11.4. The summed E-state index contributed by atoms with van der Waals surface area (Å²) in [5.74, 6) is 1.33. The molecule has 3 aliphatic heterocycles. The zero-order chi connectivity index (χ0) is 24.0. The molecule has 1 aromatic carbocycles. The molecule has 1 aromatic rings. The number of carbonyl (C=O) groups excluding carboxylic acids is 1. The molecule has 2 fully saturated rings. The lowest BCUT2D eigenvalue weighted by Crippen LogP contribution is -2.49. The highest BCUT2D eigenvalue weighted by atomic mass is 32.2. The van der Waals surface area contributed by atoms with Gasteiger partial charge in [0.25, 0.3) is 5.91 Å². The zero-order valence-corrected chi connectivity index (χ0v) is 20.9. The van der Waals surface area contributed by atoms with Gasteiger partial charge in [0.15, 0.2) is 11.5 Å². The van der Waals surface area contributed by atoms with E-state index in [1.54, 1.807) is 22.5 Å². The van der Waals surface area contributed by atoms with E-state index in [9.17, 15) is 13.2 Å². The minimum absolute atomic E-state index is 0.0814. The van der Waals surface area contributed by atoms with Crippen LogP contribution < -0.4 is 20.1 Å². The number of hydrogen-bond donors (Lipinski definition) is 2. The average molecular weight is 495 g/mol. The number of piperidine rings is 1. The smallest absolute Gasteiger partial charge is 0.255 e. The predicted molar refractivity (Wildman–Crippen MR) is 131 cm³/mol. The van der Waals surface area contributed by atoms with Crippen molar-refractivity contribution in [1.29, 1.82) is 0 Å². The highest BCUT2D eigenvalue weighted by Crippen LogP contribution is 2.34. The van der Waals surface area contributed by atoms with Crippen molar-refractivity contribution in [1.82, 2.24) is 19.8 Å². The summed E-state index contributed by atoms with van der Waals surface area (Å²) in [6.07, 6.45) is 3.08. The lowest BCUT2D eigenvalue weighted by atomic mass is 9.87. The molecule has 34 heavy (non-hydrogen) atoms. The standard InChI is InChI=1S/C24H38N4O5S/c1-2-27-12-14-28(15-13-27)34(30,31)18-4-6-21(19-8-10-25-11-9-19)26-24(29)20-5-3-7-22-23(20)33-17-16-32-22/h3,5,7,19,21,25H,2,4,6,8-18H2,1H3,(H,26,29). The molecule has 0 aromatic heterocycles. The van der Waals surface area contributed by atoms with Crippen molar-refractivity contribution in [2.75, 3.05) is 64.8 Å². The maximum atomic E-state index is 13.2. The number of fused-ring (bicyclic) bond motifs is 1. The van der Waals surface area contributed by atoms with Gasteiger partial charge in [-0.3, -0.25) is 4.79 Å². The maximum Gasteiger partial charge on any atom is 0.255 e. The van der Waals surface area contributed by atoms with Crippen LogP contribution in [0.5, 0.6) is 11.5 Å². The second kappa shape index (κ2) is 11.7. The summed E-state index contributed by atoms with van der Waals surface area (Å²) >= 11 is 0. The van der Waals surface area contributed by atoms with Crippen molar-refractivity contribution in [3.05, 3.63) is 23.8 Å². The van der Waals surface area contributed by atoms with Crippen molar-refractivity contribution in [3.63, 3.8) is 0 Å². The molecule has 2 saturated heterocycles. The van der Waals surface area contributed by atoms with Crippen LogP contribution in [0, 0.1) is 5.92 Å². The number of benzene rings is 1. The van der Waals surface area contributed by atoms with Gasteiger partial charge in [0.1, 0.15) is 13.2 Å². The summed E-state index contributed by atoms with van der Waals surface area (Å²) in [6, 6.07) is 5.28. The van der Waals surface area contributed by atoms with Crippen molar-refractivity contribution < 1.29 is 22.7 Å². The number of nitrogens with zero attached hydrogens (tertiary/aromatic N) is 2. The third kappa shape index (κ3) is 6.21. The summed E-state index contributed by atoms with van der Waals surface area (Å²) in [5.41, 5.74) is 0.470. The Bertz CT molecular complexity index is 927. The first-order chi connectivity index (χ1) is 16.5. The Kier molecular flexibility index (Phi) is 8.68. The number of para-hydroxylation sites is 1. The van der Waals surface area contributed by atoms with Crippen molar-refractivity contribution >= 4 is 15.9 Å². The minimum Gasteiger partial charge on any atom is -0.486 e. The van der Waals surface area contributed by atoms with Gasteiger partial charge >= 0.3 is 0 Å². The van der Waals surface area contributed by atoms with Crippen LogP contribution in [-0.4, -0.2) is 94.4 Å². The number of piperazine rings is 1. The van der Waals surface area contributed by atoms with Gasteiger partial charge in [-0.2, -0.15) is 4.31 Å². The number of rotatable bonds is 9. The van der Waals surface area contributed by atoms with Crippen LogP contribution in [0.2, 0.25) is 0 Å². The summed E-state index contributed by atoms with van der Waals surface area (Å²) in [4.78, 5) is 15.5. The fraction of sp³-hybridized carbons (Fsp3) is 0.708. The SMILES string of the molecule is CCN1CCN(S(=O)(=O)CCCC(NC(=O)c2cccc3c2OCCO3)C2CCNCC2)CC1. The summed E-state index contributed by atoms with van der Waals surface area (Å²) in [7, 11) is -3.29. The second-order valence-electron chi connectivity index (χ2n) is 9.29. The Morgan fingerprint density at radius 3 is 2.62 bits per heavy atom. The van der Waals surface area contributed by atoms with Crippen molar-refractivity contribution in [2.45, 2.75) is 38.6 Å². The first-order valence-electron chi connectivity index (χ1n) is 12.6. The molecule has 0 radical (unpaired) electrons. The number of carbonyl (C=O) groups is 1. The lowest BCUT2D eigenvalue weighted by Gasteiger charge is -2.34. The van der Waals surface area contributed by atoms with Crippen molar-refractivity contribution in [3.8, 4) is 11.5 Å². The topological polar surface area (TPSA) is 100 Å². The normalized spacial score (nSPS) is 21.2. The van der Waals surface area contributed by atoms with E-state index in [1.165, 1.54) is 0 Å². The Hall–Kier alpha value is -1.88. The molecular weight excluding hydrogens is 456 g/mol. The highest BCUT2D eigenvalue weighted by molar-refractivity contribution is 7.89. The molecule has 0 saturated carbocycles. The van der Waals surface area contributed by atoms with E-state index in [0.717, 1.165) is 45.6 Å². The molecule has 4 rings (SSSR count). The van der Waals surface area contributed by atoms with E-state index < -0.39 is 10.0 Å². The molecule has 1 unspecified atom stereocenters. The van der Waals surface area contributed by atoms with Gasteiger partial charge in [-0.15, -0.1) is 0 Å². The predicted octanol–water partition coefficient (Wildman–Crippen LogP) is 1.30. The number of sulfonamides is 1. The number of amides is 1. The Morgan fingerprint density at radius 1 is 1.15 bits per heavy atom. The molecule has 1 atom stereocenters. The molecular formula is C24H38N4O5S. The van der Waals surface area contributed by atoms with Gasteiger partial charge in [-0.25, -0.2) is 8.42 Å². The van der Waals surface area contributed by atoms with Crippen molar-refractivity contribution in [2.24, 2.45) is 5.92 Å². The number of ether oxygens (including phenoxy) is 2. The molecule has 2 N–H and O–H groups in total. The molecule has 0 aliphatic carbocycles. The van der Waals surface area contributed by atoms with E-state index in [0.29, 0.717) is 62.1 Å². The highest BCUT2D eigenvalue weighted by Gasteiger charge is 2.30. The molecule has 9 nitrogen and oxygen atoms in total. The summed E-state index contributed by atoms with van der Waals surface area (Å²) in [5, 5.41) is 6.59. The first kappa shape index (κ1) is 25.2. The lowest BCUT2D eigenvalue weighted by molar-refractivity contribution is 0.0900. The van der Waals surface area contributed by atoms with E-state index in [-0.39, 0.29) is 17.7 Å². The molecule has 0 bridgehead atoms. The maximum absolute atomic E-state index is 13.2. The van der Waals surface area contributed by atoms with Crippen LogP contribution >= 0.6 is 0 Å². The van der Waals surface area contributed by atoms with Gasteiger partial charge in [-0.05, 0) is 63.4 Å². The monoisotopic (exact) mass is 494 g/mol. The zero-order valence-electron chi connectivity index (χ0n) is 20.1. The van der Waals surface area contributed by atoms with Crippen LogP contribution in [0.1, 0.15) is 43.0 Å². The molecule has 190 valence electrons. The number of likely N-dealkylation sites (N-methyl/N-ethyl adjacent to an activating group) is 1. The number of nitrogens with one attached hydrogen (secondary N) is 2. The quantitative estimate of drug-likeness (QED) is 0.534. The Labute approximate surface area is 203 Å². The van der Waals surface area contributed by atoms with Gasteiger partial charge in [-0.1, -0.05) is 13.0 Å². The van der Waals surface area contributed by atoms with E-state index in [1.807, 2.05) is 0 Å². The van der Waals surface area contributed by atoms with Gasteiger partial charge in [0.05, 0.1) is 11.3 Å². The first-order valence-corrected chi connectivity index (χ1v) is 14.2. The van der Waals surface area contributed by atoms with E-state index in [2.05, 4.69) is 22.5 Å². The third-order valence-electron chi connectivity index (χ3n) is 7.17. The Balaban J connectivity index is 1.38. The van der Waals surface area contributed by atoms with Crippen LogP contribution in [0.15, 0.2) is 18.2 Å². The molecule has 3 heterocycles. The van der Waals surface area contributed by atoms with Crippen LogP contribution in [0.25, 0.3) is 0 Å². The van der Waals surface area contributed by atoms with Gasteiger partial charge in [0.2, 0.25) is 10.0 Å². The fourth-order valence-electron chi connectivity index (χ4n) is 5.11. The minimum atomic E-state index is -3.29.